The molecule has 6 heteroatoms. The van der Waals surface area contributed by atoms with Crippen molar-refractivity contribution in [3.63, 3.8) is 0 Å². The smallest absolute Gasteiger partial charge is 0.0659 e. The molecule has 0 amide bonds. The van der Waals surface area contributed by atoms with E-state index in [9.17, 15) is 0 Å². The Morgan fingerprint density at radius 1 is 0.500 bits per heavy atom. The van der Waals surface area contributed by atoms with Crippen LogP contribution in [-0.2, 0) is 33.8 Å². The van der Waals surface area contributed by atoms with Crippen LogP contribution in [0, 0.1) is 0 Å². The van der Waals surface area contributed by atoms with Gasteiger partial charge in [-0.25, -0.2) is 9.97 Å². The Morgan fingerprint density at radius 3 is 1.27 bits per heavy atom. The largest absolute Gasteiger partial charge is 0.355 e. The fraction of sp³-hybridized carbons (Fsp3) is 0. The molecule has 0 aliphatic carbocycles. The van der Waals surface area contributed by atoms with Crippen molar-refractivity contribution in [1.29, 1.82) is 0 Å². The summed E-state index contributed by atoms with van der Waals surface area (Å²) in [6.45, 7) is 0. The third-order valence-corrected chi connectivity index (χ3v) is 4.04. The van der Waals surface area contributed by atoms with E-state index in [1.165, 1.54) is 0 Å². The van der Waals surface area contributed by atoms with Crippen molar-refractivity contribution in [1.82, 2.24) is 19.9 Å². The molecule has 131 valence electrons. The van der Waals surface area contributed by atoms with Gasteiger partial charge in [-0.2, -0.15) is 0 Å². The van der Waals surface area contributed by atoms with E-state index in [1.807, 2.05) is 42.5 Å². The van der Waals surface area contributed by atoms with Gasteiger partial charge in [-0.1, -0.05) is 0 Å². The van der Waals surface area contributed by atoms with Gasteiger partial charge in [-0.3, -0.25) is 0 Å². The first-order valence-electron chi connectivity index (χ1n) is 7.85. The molecule has 0 saturated heterocycles. The molecule has 0 aromatic carbocycles. The summed E-state index contributed by atoms with van der Waals surface area (Å²) in [5, 5.41) is 0. The third kappa shape index (κ3) is 3.74. The second-order valence-corrected chi connectivity index (χ2v) is 5.91. The number of fused-ring (bicyclic) bond motifs is 8. The predicted molar refractivity (Wildman–Crippen MR) is 98.9 cm³/mol. The summed E-state index contributed by atoms with van der Waals surface area (Å²) >= 11 is 0. The fourth-order valence-corrected chi connectivity index (χ4v) is 2.94. The Balaban J connectivity index is 0.000000980. The second-order valence-electron chi connectivity index (χ2n) is 5.91. The number of H-pyrrole nitrogens is 2. The maximum atomic E-state index is 4.62. The van der Waals surface area contributed by atoms with E-state index >= 15 is 0 Å². The first-order chi connectivity index (χ1) is 11.8. The number of nitrogens with zero attached hydrogens (tertiary/aromatic N) is 2. The van der Waals surface area contributed by atoms with Crippen molar-refractivity contribution in [2.45, 2.75) is 0 Å². The van der Waals surface area contributed by atoms with Gasteiger partial charge < -0.3 is 9.97 Å². The summed E-state index contributed by atoms with van der Waals surface area (Å²) in [7, 11) is 0. The van der Waals surface area contributed by atoms with Crippen molar-refractivity contribution < 1.29 is 33.8 Å². The minimum absolute atomic E-state index is 0. The van der Waals surface area contributed by atoms with Crippen LogP contribution in [0.1, 0.15) is 22.8 Å². The number of rotatable bonds is 0. The van der Waals surface area contributed by atoms with Crippen molar-refractivity contribution in [2.75, 3.05) is 0 Å². The molecule has 0 atom stereocenters. The maximum absolute atomic E-state index is 4.62. The van der Waals surface area contributed by atoms with Crippen LogP contribution < -0.4 is 0 Å². The Labute approximate surface area is 171 Å². The van der Waals surface area contributed by atoms with Crippen molar-refractivity contribution in [3.8, 4) is 0 Å². The number of hydrogen-bond donors (Lipinski definition) is 2. The molecule has 8 bridgehead atoms. The van der Waals surface area contributed by atoms with Crippen LogP contribution in [0.2, 0.25) is 0 Å². The molecule has 1 radical (unpaired) electrons. The van der Waals surface area contributed by atoms with Gasteiger partial charge in [0.05, 0.1) is 22.8 Å². The van der Waals surface area contributed by atoms with Gasteiger partial charge in [0.25, 0.3) is 0 Å². The Kier molecular flexibility index (Phi) is 5.29. The molecular formula is C20H14CoFeN4. The number of nitrogens with one attached hydrogen (secondary N) is 2. The van der Waals surface area contributed by atoms with Crippen molar-refractivity contribution in [2.24, 2.45) is 0 Å². The summed E-state index contributed by atoms with van der Waals surface area (Å²) in [6, 6.07) is 16.4. The van der Waals surface area contributed by atoms with Gasteiger partial charge in [0.2, 0.25) is 0 Å². The number of aromatic amines is 2. The van der Waals surface area contributed by atoms with Crippen LogP contribution in [0.4, 0.5) is 0 Å². The molecule has 2 aliphatic rings. The van der Waals surface area contributed by atoms with Crippen LogP contribution in [0.3, 0.4) is 0 Å². The zero-order chi connectivity index (χ0) is 15.9. The molecule has 2 N–H and O–H groups in total. The van der Waals surface area contributed by atoms with Gasteiger partial charge in [-0.15, -0.1) is 0 Å². The maximum Gasteiger partial charge on any atom is 0.0659 e. The van der Waals surface area contributed by atoms with Gasteiger partial charge >= 0.3 is 0 Å². The Bertz CT molecular complexity index is 1080. The predicted octanol–water partition coefficient (Wildman–Crippen LogP) is 4.65. The molecule has 0 unspecified atom stereocenters. The quantitative estimate of drug-likeness (QED) is 0.355. The second kappa shape index (κ2) is 7.47. The Hall–Kier alpha value is -2.37. The summed E-state index contributed by atoms with van der Waals surface area (Å²) < 4.78 is 0. The monoisotopic (exact) mass is 425 g/mol. The summed E-state index contributed by atoms with van der Waals surface area (Å²) in [4.78, 5) is 16.0. The molecule has 3 aromatic rings. The molecule has 4 nitrogen and oxygen atoms in total. The molecule has 0 saturated carbocycles. The zero-order valence-corrected chi connectivity index (χ0v) is 15.7. The fourth-order valence-electron chi connectivity index (χ4n) is 2.94. The summed E-state index contributed by atoms with van der Waals surface area (Å²) in [5.74, 6) is 0. The van der Waals surface area contributed by atoms with Crippen LogP contribution in [0.15, 0.2) is 48.5 Å². The normalized spacial score (nSPS) is 11.7. The van der Waals surface area contributed by atoms with E-state index in [0.29, 0.717) is 0 Å². The van der Waals surface area contributed by atoms with Crippen LogP contribution in [0.5, 0.6) is 0 Å². The first kappa shape index (κ1) is 18.4. The van der Waals surface area contributed by atoms with Crippen LogP contribution >= 0.6 is 0 Å². The van der Waals surface area contributed by atoms with E-state index < -0.39 is 0 Å². The molecule has 3 aromatic heterocycles. The SMILES string of the molecule is C1=Cc2cc3ccc(cc4ccc(cc5nc(cc1n2)C=C5)[nH]4)[nH]3.[Co].[Fe]. The average molecular weight is 425 g/mol. The van der Waals surface area contributed by atoms with Crippen LogP contribution in [0.25, 0.3) is 46.4 Å². The third-order valence-electron chi connectivity index (χ3n) is 4.04. The number of aromatic nitrogens is 4. The molecule has 5 heterocycles. The number of hydrogen-bond acceptors (Lipinski definition) is 2. The summed E-state index contributed by atoms with van der Waals surface area (Å²) in [5.41, 5.74) is 7.86. The molecule has 0 fully saturated rings. The molecule has 2 aliphatic heterocycles. The molecule has 5 rings (SSSR count). The van der Waals surface area contributed by atoms with E-state index in [1.54, 1.807) is 0 Å². The van der Waals surface area contributed by atoms with Gasteiger partial charge in [0.15, 0.2) is 0 Å². The molecule has 26 heavy (non-hydrogen) atoms. The molecular weight excluding hydrogens is 411 g/mol. The van der Waals surface area contributed by atoms with Gasteiger partial charge in [-0.05, 0) is 72.8 Å². The van der Waals surface area contributed by atoms with E-state index in [4.69, 9.17) is 0 Å². The van der Waals surface area contributed by atoms with Crippen LogP contribution in [-0.4, -0.2) is 19.9 Å². The van der Waals surface area contributed by atoms with Gasteiger partial charge in [0.1, 0.15) is 0 Å². The summed E-state index contributed by atoms with van der Waals surface area (Å²) in [6.07, 6.45) is 8.05. The Morgan fingerprint density at radius 2 is 0.846 bits per heavy atom. The van der Waals surface area contributed by atoms with E-state index in [-0.39, 0.29) is 33.8 Å². The van der Waals surface area contributed by atoms with Gasteiger partial charge in [0, 0.05) is 55.9 Å². The minimum atomic E-state index is 0. The molecule has 0 spiro atoms. The standard InChI is InChI=1S/C20H14N4.Co.Fe/c1-2-14-10-16-5-6-18(23-16)12-20-8-7-19(24-20)11-17-4-3-15(22-17)9-13(1)21-14;;/h1-12,21-22H;;. The topological polar surface area (TPSA) is 57.4 Å². The zero-order valence-electron chi connectivity index (χ0n) is 13.5. The first-order valence-corrected chi connectivity index (χ1v) is 7.85. The van der Waals surface area contributed by atoms with E-state index in [0.717, 1.165) is 44.8 Å². The minimum Gasteiger partial charge on any atom is -0.355 e. The average Bonchev–Trinajstić information content (AvgIpc) is 3.32. The van der Waals surface area contributed by atoms with Crippen molar-refractivity contribution in [3.05, 3.63) is 71.3 Å². The van der Waals surface area contributed by atoms with Crippen molar-refractivity contribution >= 4 is 46.4 Å². The van der Waals surface area contributed by atoms with E-state index in [2.05, 4.69) is 50.3 Å².